The fourth-order valence-corrected chi connectivity index (χ4v) is 2.75. The van der Waals surface area contributed by atoms with Crippen molar-refractivity contribution >= 4 is 39.1 Å². The molecule has 0 saturated heterocycles. The minimum absolute atomic E-state index is 0.296. The van der Waals surface area contributed by atoms with E-state index in [0.717, 1.165) is 10.0 Å². The van der Waals surface area contributed by atoms with Crippen LogP contribution in [0.1, 0.15) is 17.2 Å². The maximum Gasteiger partial charge on any atom is 0.127 e. The maximum absolute atomic E-state index is 13.8. The topological polar surface area (TPSA) is 38.0 Å². The summed E-state index contributed by atoms with van der Waals surface area (Å²) < 4.78 is 14.6. The summed E-state index contributed by atoms with van der Waals surface area (Å²) in [6.07, 6.45) is 0.371. The monoisotopic (exact) mass is 376 g/mol. The summed E-state index contributed by atoms with van der Waals surface area (Å²) >= 11 is 15.3. The molecule has 6 heteroatoms. The lowest BCUT2D eigenvalue weighted by molar-refractivity contribution is 0.529. The zero-order valence-corrected chi connectivity index (χ0v) is 13.4. The lowest BCUT2D eigenvalue weighted by Crippen LogP contribution is -2.30. The zero-order valence-electron chi connectivity index (χ0n) is 10.3. The van der Waals surface area contributed by atoms with E-state index >= 15 is 0 Å². The Balaban J connectivity index is 2.31. The molecule has 2 aromatic rings. The molecule has 0 radical (unpaired) electrons. The van der Waals surface area contributed by atoms with Gasteiger partial charge in [0.15, 0.2) is 0 Å². The van der Waals surface area contributed by atoms with Crippen LogP contribution < -0.4 is 11.3 Å². The molecule has 0 aliphatic rings. The molecule has 2 rings (SSSR count). The van der Waals surface area contributed by atoms with E-state index in [1.165, 1.54) is 6.07 Å². The molecular formula is C14H12BrCl2FN2. The van der Waals surface area contributed by atoms with E-state index in [0.29, 0.717) is 22.0 Å². The molecule has 0 aliphatic carbocycles. The van der Waals surface area contributed by atoms with E-state index in [1.807, 2.05) is 18.2 Å². The maximum atomic E-state index is 13.8. The summed E-state index contributed by atoms with van der Waals surface area (Å²) in [5.41, 5.74) is 4.00. The molecule has 106 valence electrons. The van der Waals surface area contributed by atoms with Crippen LogP contribution in [-0.2, 0) is 6.42 Å². The largest absolute Gasteiger partial charge is 0.271 e. The minimum atomic E-state index is -0.358. The highest BCUT2D eigenvalue weighted by molar-refractivity contribution is 9.10. The van der Waals surface area contributed by atoms with Crippen molar-refractivity contribution < 1.29 is 4.39 Å². The number of nitrogens with two attached hydrogens (primary N) is 1. The lowest BCUT2D eigenvalue weighted by atomic mass is 9.99. The predicted octanol–water partition coefficient (Wildman–Crippen LogP) is 4.64. The summed E-state index contributed by atoms with van der Waals surface area (Å²) in [6.45, 7) is 0. The second-order valence-electron chi connectivity index (χ2n) is 4.30. The van der Waals surface area contributed by atoms with Crippen LogP contribution in [0, 0.1) is 5.82 Å². The van der Waals surface area contributed by atoms with Crippen LogP contribution in [0.25, 0.3) is 0 Å². The van der Waals surface area contributed by atoms with Gasteiger partial charge >= 0.3 is 0 Å². The van der Waals surface area contributed by atoms with E-state index < -0.39 is 0 Å². The van der Waals surface area contributed by atoms with Gasteiger partial charge in [0.25, 0.3) is 0 Å². The van der Waals surface area contributed by atoms with Gasteiger partial charge in [0.05, 0.1) is 11.1 Å². The highest BCUT2D eigenvalue weighted by Gasteiger charge is 2.17. The molecule has 3 N–H and O–H groups in total. The van der Waals surface area contributed by atoms with Gasteiger partial charge < -0.3 is 0 Å². The van der Waals surface area contributed by atoms with Crippen LogP contribution in [0.4, 0.5) is 4.39 Å². The molecule has 0 spiro atoms. The molecule has 0 aromatic heterocycles. The fourth-order valence-electron chi connectivity index (χ4n) is 1.96. The van der Waals surface area contributed by atoms with Gasteiger partial charge in [-0.05, 0) is 51.7 Å². The number of hydrogen-bond donors (Lipinski definition) is 2. The van der Waals surface area contributed by atoms with Crippen LogP contribution in [0.5, 0.6) is 0 Å². The first-order valence-corrected chi connectivity index (χ1v) is 7.41. The molecular weight excluding hydrogens is 366 g/mol. The van der Waals surface area contributed by atoms with E-state index in [9.17, 15) is 4.39 Å². The van der Waals surface area contributed by atoms with E-state index in [1.54, 1.807) is 12.1 Å². The van der Waals surface area contributed by atoms with Crippen molar-refractivity contribution in [3.8, 4) is 0 Å². The first-order valence-electron chi connectivity index (χ1n) is 5.87. The fraction of sp³-hybridized carbons (Fsp3) is 0.143. The smallest absolute Gasteiger partial charge is 0.127 e. The number of hydrazine groups is 1. The van der Waals surface area contributed by atoms with Crippen LogP contribution in [0.2, 0.25) is 10.0 Å². The second-order valence-corrected chi connectivity index (χ2v) is 5.97. The second kappa shape index (κ2) is 6.87. The molecule has 0 aliphatic heterocycles. The van der Waals surface area contributed by atoms with Crippen molar-refractivity contribution in [1.29, 1.82) is 0 Å². The van der Waals surface area contributed by atoms with E-state index in [-0.39, 0.29) is 11.9 Å². The summed E-state index contributed by atoms with van der Waals surface area (Å²) in [6, 6.07) is 9.83. The molecule has 1 atom stereocenters. The third-order valence-corrected chi connectivity index (χ3v) is 4.54. The minimum Gasteiger partial charge on any atom is -0.271 e. The number of halogens is 4. The summed E-state index contributed by atoms with van der Waals surface area (Å²) in [5, 5.41) is 0.925. The van der Waals surface area contributed by atoms with Crippen molar-refractivity contribution in [2.45, 2.75) is 12.5 Å². The molecule has 0 heterocycles. The molecule has 0 bridgehead atoms. The molecule has 20 heavy (non-hydrogen) atoms. The highest BCUT2D eigenvalue weighted by atomic mass is 79.9. The van der Waals surface area contributed by atoms with Crippen molar-refractivity contribution in [3.05, 3.63) is 67.9 Å². The van der Waals surface area contributed by atoms with Crippen molar-refractivity contribution in [2.24, 2.45) is 5.84 Å². The van der Waals surface area contributed by atoms with Gasteiger partial charge in [-0.2, -0.15) is 0 Å². The summed E-state index contributed by atoms with van der Waals surface area (Å²) in [7, 11) is 0. The molecule has 0 fully saturated rings. The average Bonchev–Trinajstić information content (AvgIpc) is 2.42. The molecule has 0 amide bonds. The quantitative estimate of drug-likeness (QED) is 0.601. The number of hydrogen-bond acceptors (Lipinski definition) is 2. The van der Waals surface area contributed by atoms with Crippen molar-refractivity contribution in [3.63, 3.8) is 0 Å². The SMILES string of the molecule is NNC(Cc1ccc(Cl)cc1F)c1cccc(Br)c1Cl. The molecule has 2 aromatic carbocycles. The Hall–Kier alpha value is -0.650. The normalized spacial score (nSPS) is 12.4. The predicted molar refractivity (Wildman–Crippen MR) is 84.3 cm³/mol. The third kappa shape index (κ3) is 3.51. The van der Waals surface area contributed by atoms with Crippen molar-refractivity contribution in [2.75, 3.05) is 0 Å². The Morgan fingerprint density at radius 1 is 1.25 bits per heavy atom. The Bertz CT molecular complexity index is 622. The summed E-state index contributed by atoms with van der Waals surface area (Å²) in [4.78, 5) is 0. The number of rotatable bonds is 4. The van der Waals surface area contributed by atoms with E-state index in [2.05, 4.69) is 21.4 Å². The van der Waals surface area contributed by atoms with Crippen LogP contribution in [0.15, 0.2) is 40.9 Å². The average molecular weight is 378 g/mol. The van der Waals surface area contributed by atoms with Gasteiger partial charge in [0.1, 0.15) is 5.82 Å². The number of nitrogens with one attached hydrogen (secondary N) is 1. The van der Waals surface area contributed by atoms with Crippen LogP contribution in [-0.4, -0.2) is 0 Å². The Kier molecular flexibility index (Phi) is 5.41. The Morgan fingerprint density at radius 2 is 2.00 bits per heavy atom. The van der Waals surface area contributed by atoms with Gasteiger partial charge in [-0.1, -0.05) is 41.4 Å². The Morgan fingerprint density at radius 3 is 2.65 bits per heavy atom. The van der Waals surface area contributed by atoms with Crippen molar-refractivity contribution in [1.82, 2.24) is 5.43 Å². The standard InChI is InChI=1S/C14H12BrCl2FN2/c15-11-3-1-2-10(14(11)17)13(20-19)6-8-4-5-9(16)7-12(8)18/h1-5,7,13,20H,6,19H2. The van der Waals surface area contributed by atoms with Gasteiger partial charge in [-0.25, -0.2) is 4.39 Å². The third-order valence-electron chi connectivity index (χ3n) is 3.00. The van der Waals surface area contributed by atoms with Gasteiger partial charge in [0, 0.05) is 9.50 Å². The molecule has 0 saturated carbocycles. The first-order chi connectivity index (χ1) is 9.52. The molecule has 2 nitrogen and oxygen atoms in total. The van der Waals surface area contributed by atoms with Crippen LogP contribution >= 0.6 is 39.1 Å². The van der Waals surface area contributed by atoms with Crippen LogP contribution in [0.3, 0.4) is 0 Å². The molecule has 1 unspecified atom stereocenters. The number of benzene rings is 2. The highest BCUT2D eigenvalue weighted by Crippen LogP contribution is 2.32. The van der Waals surface area contributed by atoms with Gasteiger partial charge in [-0.3, -0.25) is 11.3 Å². The Labute approximate surface area is 135 Å². The first kappa shape index (κ1) is 15.7. The van der Waals surface area contributed by atoms with Gasteiger partial charge in [-0.15, -0.1) is 0 Å². The van der Waals surface area contributed by atoms with E-state index in [4.69, 9.17) is 29.0 Å². The zero-order chi connectivity index (χ0) is 14.7. The van der Waals surface area contributed by atoms with Gasteiger partial charge in [0.2, 0.25) is 0 Å². The lowest BCUT2D eigenvalue weighted by Gasteiger charge is -2.19. The summed E-state index contributed by atoms with van der Waals surface area (Å²) in [5.74, 6) is 5.22.